The van der Waals surface area contributed by atoms with Crippen LogP contribution in [0.1, 0.15) is 90.4 Å². The van der Waals surface area contributed by atoms with Crippen LogP contribution in [0.5, 0.6) is 0 Å². The lowest BCUT2D eigenvalue weighted by Crippen LogP contribution is -2.31. The second kappa shape index (κ2) is 16.6. The Kier molecular flexibility index (Phi) is 16.2. The fourth-order valence-corrected chi connectivity index (χ4v) is 4.11. The average Bonchev–Trinajstić information content (AvgIpc) is 2.58. The zero-order valence-corrected chi connectivity index (χ0v) is 19.1. The van der Waals surface area contributed by atoms with E-state index in [1.54, 1.807) is 0 Å². The van der Waals surface area contributed by atoms with Crippen molar-refractivity contribution in [3.05, 3.63) is 12.2 Å². The van der Waals surface area contributed by atoms with Gasteiger partial charge in [-0.1, -0.05) is 70.4 Å². The second-order valence-corrected chi connectivity index (χ2v) is 12.7. The number of carbonyl (C=O) groups excluding carboxylic acids is 1. The SMILES string of the molecule is CCCCCCCCCCC(/C=C/CCCCC(=O)OC)O[Si](C)(C)C. The molecule has 0 bridgehead atoms. The molecule has 0 amide bonds. The maximum Gasteiger partial charge on any atom is 0.305 e. The molecule has 1 unspecified atom stereocenters. The molecule has 154 valence electrons. The molecule has 0 rings (SSSR count). The normalized spacial score (nSPS) is 13.3. The molecule has 3 nitrogen and oxygen atoms in total. The molecular weight excluding hydrogens is 340 g/mol. The number of unbranched alkanes of at least 4 members (excludes halogenated alkanes) is 9. The van der Waals surface area contributed by atoms with Gasteiger partial charge >= 0.3 is 5.97 Å². The highest BCUT2D eigenvalue weighted by molar-refractivity contribution is 6.69. The van der Waals surface area contributed by atoms with E-state index in [1.807, 2.05) is 0 Å². The Hall–Kier alpha value is -0.613. The molecule has 0 heterocycles. The summed E-state index contributed by atoms with van der Waals surface area (Å²) in [5.41, 5.74) is 0. The molecule has 0 fully saturated rings. The molecule has 0 spiro atoms. The Balaban J connectivity index is 3.97. The summed E-state index contributed by atoms with van der Waals surface area (Å²) < 4.78 is 11.0. The predicted molar refractivity (Wildman–Crippen MR) is 115 cm³/mol. The number of allylic oxidation sites excluding steroid dienone is 1. The van der Waals surface area contributed by atoms with Gasteiger partial charge in [0, 0.05) is 6.42 Å². The van der Waals surface area contributed by atoms with Crippen molar-refractivity contribution in [1.82, 2.24) is 0 Å². The van der Waals surface area contributed by atoms with Crippen molar-refractivity contribution in [2.75, 3.05) is 7.11 Å². The van der Waals surface area contributed by atoms with Crippen molar-refractivity contribution in [3.63, 3.8) is 0 Å². The van der Waals surface area contributed by atoms with E-state index in [9.17, 15) is 4.79 Å². The maximum absolute atomic E-state index is 11.1. The topological polar surface area (TPSA) is 35.5 Å². The minimum atomic E-state index is -1.52. The molecule has 0 N–H and O–H groups in total. The van der Waals surface area contributed by atoms with E-state index in [2.05, 4.69) is 43.5 Å². The molecule has 0 aliphatic carbocycles. The molecule has 0 saturated carbocycles. The minimum Gasteiger partial charge on any atom is -0.469 e. The summed E-state index contributed by atoms with van der Waals surface area (Å²) in [4.78, 5) is 11.1. The van der Waals surface area contributed by atoms with Gasteiger partial charge in [0.25, 0.3) is 0 Å². The van der Waals surface area contributed by atoms with E-state index in [0.29, 0.717) is 6.42 Å². The minimum absolute atomic E-state index is 0.108. The molecule has 4 heteroatoms. The highest BCUT2D eigenvalue weighted by Crippen LogP contribution is 2.17. The van der Waals surface area contributed by atoms with E-state index in [0.717, 1.165) is 25.7 Å². The van der Waals surface area contributed by atoms with Crippen LogP contribution in [0.15, 0.2) is 12.2 Å². The van der Waals surface area contributed by atoms with Crippen molar-refractivity contribution in [3.8, 4) is 0 Å². The smallest absolute Gasteiger partial charge is 0.305 e. The van der Waals surface area contributed by atoms with Crippen molar-refractivity contribution in [2.45, 2.75) is 116 Å². The van der Waals surface area contributed by atoms with Crippen LogP contribution in [0.4, 0.5) is 0 Å². The van der Waals surface area contributed by atoms with Gasteiger partial charge in [0.15, 0.2) is 8.32 Å². The van der Waals surface area contributed by atoms with Crippen LogP contribution in [-0.4, -0.2) is 27.5 Å². The van der Waals surface area contributed by atoms with Gasteiger partial charge in [0.05, 0.1) is 13.2 Å². The first-order valence-corrected chi connectivity index (χ1v) is 14.2. The zero-order valence-electron chi connectivity index (χ0n) is 18.1. The average molecular weight is 385 g/mol. The van der Waals surface area contributed by atoms with Crippen molar-refractivity contribution >= 4 is 14.3 Å². The molecule has 0 aromatic carbocycles. The van der Waals surface area contributed by atoms with Crippen LogP contribution < -0.4 is 0 Å². The fourth-order valence-electron chi connectivity index (χ4n) is 3.01. The van der Waals surface area contributed by atoms with Crippen LogP contribution in [0.3, 0.4) is 0 Å². The lowest BCUT2D eigenvalue weighted by Gasteiger charge is -2.24. The van der Waals surface area contributed by atoms with Crippen LogP contribution in [0.25, 0.3) is 0 Å². The quantitative estimate of drug-likeness (QED) is 0.117. The summed E-state index contributed by atoms with van der Waals surface area (Å²) in [7, 11) is -0.0681. The van der Waals surface area contributed by atoms with E-state index in [4.69, 9.17) is 4.43 Å². The predicted octanol–water partition coefficient (Wildman–Crippen LogP) is 7.03. The van der Waals surface area contributed by atoms with Crippen molar-refractivity contribution in [1.29, 1.82) is 0 Å². The van der Waals surface area contributed by atoms with Crippen LogP contribution in [-0.2, 0) is 14.0 Å². The third-order valence-electron chi connectivity index (χ3n) is 4.43. The Labute approximate surface area is 164 Å². The summed E-state index contributed by atoms with van der Waals surface area (Å²) >= 11 is 0. The molecule has 0 aliphatic rings. The number of methoxy groups -OCH3 is 1. The summed E-state index contributed by atoms with van der Waals surface area (Å²) in [6, 6.07) is 0. The van der Waals surface area contributed by atoms with E-state index in [1.165, 1.54) is 58.5 Å². The molecule has 0 radical (unpaired) electrons. The largest absolute Gasteiger partial charge is 0.469 e. The number of carbonyl (C=O) groups is 1. The van der Waals surface area contributed by atoms with Gasteiger partial charge in [-0.15, -0.1) is 0 Å². The summed E-state index contributed by atoms with van der Waals surface area (Å²) in [5.74, 6) is -0.108. The number of esters is 1. The van der Waals surface area contributed by atoms with Gasteiger partial charge in [-0.25, -0.2) is 0 Å². The van der Waals surface area contributed by atoms with Gasteiger partial charge in [-0.2, -0.15) is 0 Å². The Morgan fingerprint density at radius 2 is 1.54 bits per heavy atom. The highest BCUT2D eigenvalue weighted by atomic mass is 28.4. The van der Waals surface area contributed by atoms with E-state index in [-0.39, 0.29) is 12.1 Å². The fraction of sp³-hybridized carbons (Fsp3) is 0.864. The molecule has 0 aliphatic heterocycles. The second-order valence-electron chi connectivity index (χ2n) is 8.28. The highest BCUT2D eigenvalue weighted by Gasteiger charge is 2.19. The summed E-state index contributed by atoms with van der Waals surface area (Å²) in [6.07, 6.45) is 20.2. The standard InChI is InChI=1S/C22H44O3Si/c1-6-7-8-9-10-11-12-15-18-21(25-26(3,4)5)19-16-13-14-17-20-22(23)24-2/h16,19,21H,6-15,17-18,20H2,1-5H3/b19-16+. The Bertz CT molecular complexity index is 361. The maximum atomic E-state index is 11.1. The van der Waals surface area contributed by atoms with Gasteiger partial charge in [-0.3, -0.25) is 4.79 Å². The van der Waals surface area contributed by atoms with Gasteiger partial charge in [0.1, 0.15) is 0 Å². The first-order chi connectivity index (χ1) is 12.4. The molecule has 1 atom stereocenters. The van der Waals surface area contributed by atoms with Crippen molar-refractivity contribution in [2.24, 2.45) is 0 Å². The molecule has 0 aromatic rings. The lowest BCUT2D eigenvalue weighted by molar-refractivity contribution is -0.140. The summed E-state index contributed by atoms with van der Waals surface area (Å²) in [6.45, 7) is 9.05. The van der Waals surface area contributed by atoms with Crippen LogP contribution in [0, 0.1) is 0 Å². The Morgan fingerprint density at radius 1 is 0.923 bits per heavy atom. The molecule has 0 aromatic heterocycles. The van der Waals surface area contributed by atoms with Gasteiger partial charge < -0.3 is 9.16 Å². The van der Waals surface area contributed by atoms with Crippen LogP contribution in [0.2, 0.25) is 19.6 Å². The van der Waals surface area contributed by atoms with Crippen molar-refractivity contribution < 1.29 is 14.0 Å². The number of rotatable bonds is 17. The first-order valence-electron chi connectivity index (χ1n) is 10.8. The monoisotopic (exact) mass is 384 g/mol. The van der Waals surface area contributed by atoms with Gasteiger partial charge in [-0.05, 0) is 45.3 Å². The molecular formula is C22H44O3Si. The third-order valence-corrected chi connectivity index (χ3v) is 5.44. The summed E-state index contributed by atoms with van der Waals surface area (Å²) in [5, 5.41) is 0. The van der Waals surface area contributed by atoms with Gasteiger partial charge in [0.2, 0.25) is 0 Å². The Morgan fingerprint density at radius 3 is 2.12 bits per heavy atom. The van der Waals surface area contributed by atoms with E-state index < -0.39 is 8.32 Å². The number of hydrogen-bond donors (Lipinski definition) is 0. The van der Waals surface area contributed by atoms with E-state index >= 15 is 0 Å². The zero-order chi connectivity index (χ0) is 19.7. The third kappa shape index (κ3) is 18.2. The first kappa shape index (κ1) is 25.4. The number of hydrogen-bond acceptors (Lipinski definition) is 3. The molecule has 26 heavy (non-hydrogen) atoms. The van der Waals surface area contributed by atoms with Crippen LogP contribution >= 0.6 is 0 Å². The number of ether oxygens (including phenoxy) is 1. The lowest BCUT2D eigenvalue weighted by atomic mass is 10.1. The molecule has 0 saturated heterocycles.